The summed E-state index contributed by atoms with van der Waals surface area (Å²) in [6.45, 7) is 5.92. The normalized spacial score (nSPS) is 18.6. The van der Waals surface area contributed by atoms with E-state index < -0.39 is 67.3 Å². The largest absolute Gasteiger partial charge is 0.479 e. The van der Waals surface area contributed by atoms with Crippen LogP contribution in [0.4, 0.5) is 0 Å². The van der Waals surface area contributed by atoms with Crippen LogP contribution in [-0.4, -0.2) is 89.2 Å². The average molecular weight is 1030 g/mol. The van der Waals surface area contributed by atoms with Crippen LogP contribution in [0.2, 0.25) is 0 Å². The molecule has 0 bridgehead atoms. The summed E-state index contributed by atoms with van der Waals surface area (Å²) in [6, 6.07) is 0. The SMILES string of the molecule is CCCCC/C=C\C/C=C\C/C=C\CCCCCCCCC(=O)OCC(COC1OC(C(=O)O)C(O)C(O)C1OC(=O)CCCCCCCCCCC)OC(=O)CCCCCCC/C=C\CCCCCCCC. The number of unbranched alkanes of at least 4 members (excludes halogenated alkanes) is 28. The molecule has 1 aliphatic heterocycles. The van der Waals surface area contributed by atoms with Gasteiger partial charge in [0.1, 0.15) is 18.8 Å². The van der Waals surface area contributed by atoms with Crippen molar-refractivity contribution in [3.8, 4) is 0 Å². The Kier molecular flexibility index (Phi) is 45.9. The van der Waals surface area contributed by atoms with E-state index in [0.717, 1.165) is 116 Å². The van der Waals surface area contributed by atoms with E-state index in [9.17, 15) is 34.5 Å². The van der Waals surface area contributed by atoms with Gasteiger partial charge in [0.2, 0.25) is 0 Å². The predicted octanol–water partition coefficient (Wildman–Crippen LogP) is 15.0. The number of allylic oxidation sites excluding steroid dienone is 8. The van der Waals surface area contributed by atoms with Gasteiger partial charge in [-0.15, -0.1) is 0 Å². The van der Waals surface area contributed by atoms with Crippen LogP contribution in [0, 0.1) is 0 Å². The third kappa shape index (κ3) is 39.7. The van der Waals surface area contributed by atoms with E-state index in [1.54, 1.807) is 0 Å². The fourth-order valence-electron chi connectivity index (χ4n) is 8.78. The van der Waals surface area contributed by atoms with Crippen LogP contribution in [-0.2, 0) is 42.9 Å². The first-order valence-electron chi connectivity index (χ1n) is 29.6. The van der Waals surface area contributed by atoms with Crippen LogP contribution in [0.25, 0.3) is 0 Å². The number of hydrogen-bond acceptors (Lipinski definition) is 11. The third-order valence-electron chi connectivity index (χ3n) is 13.4. The Hall–Kier alpha value is -3.32. The highest BCUT2D eigenvalue weighted by atomic mass is 16.7. The van der Waals surface area contributed by atoms with Crippen LogP contribution >= 0.6 is 0 Å². The number of carbonyl (C=O) groups is 4. The lowest BCUT2D eigenvalue weighted by Gasteiger charge is -2.40. The Balaban J connectivity index is 2.67. The summed E-state index contributed by atoms with van der Waals surface area (Å²) in [5.74, 6) is -3.13. The van der Waals surface area contributed by atoms with Crippen molar-refractivity contribution >= 4 is 23.9 Å². The molecule has 12 heteroatoms. The molecule has 6 unspecified atom stereocenters. The van der Waals surface area contributed by atoms with E-state index in [4.69, 9.17) is 23.7 Å². The molecule has 73 heavy (non-hydrogen) atoms. The number of aliphatic hydroxyl groups is 2. The van der Waals surface area contributed by atoms with Crippen molar-refractivity contribution in [3.05, 3.63) is 48.6 Å². The zero-order valence-electron chi connectivity index (χ0n) is 46.4. The lowest BCUT2D eigenvalue weighted by Crippen LogP contribution is -2.61. The smallest absolute Gasteiger partial charge is 0.335 e. The van der Waals surface area contributed by atoms with Gasteiger partial charge in [-0.25, -0.2) is 4.79 Å². The number of rotatable bonds is 50. The van der Waals surface area contributed by atoms with Crippen molar-refractivity contribution in [3.63, 3.8) is 0 Å². The van der Waals surface area contributed by atoms with Crippen LogP contribution in [0.3, 0.4) is 0 Å². The summed E-state index contributed by atoms with van der Waals surface area (Å²) in [4.78, 5) is 51.0. The minimum atomic E-state index is -1.90. The highest BCUT2D eigenvalue weighted by molar-refractivity contribution is 5.74. The third-order valence-corrected chi connectivity index (χ3v) is 13.4. The van der Waals surface area contributed by atoms with Crippen LogP contribution in [0.5, 0.6) is 0 Å². The van der Waals surface area contributed by atoms with Crippen molar-refractivity contribution in [1.29, 1.82) is 0 Å². The molecule has 422 valence electrons. The quantitative estimate of drug-likeness (QED) is 0.0228. The fourth-order valence-corrected chi connectivity index (χ4v) is 8.78. The maximum Gasteiger partial charge on any atom is 0.335 e. The molecule has 0 spiro atoms. The molecule has 0 radical (unpaired) electrons. The van der Waals surface area contributed by atoms with Gasteiger partial charge < -0.3 is 39.0 Å². The van der Waals surface area contributed by atoms with Crippen molar-refractivity contribution in [2.45, 2.75) is 302 Å². The van der Waals surface area contributed by atoms with Crippen molar-refractivity contribution < 1.29 is 58.2 Å². The van der Waals surface area contributed by atoms with E-state index in [1.807, 2.05) is 0 Å². The van der Waals surface area contributed by atoms with Crippen LogP contribution < -0.4 is 0 Å². The summed E-state index contributed by atoms with van der Waals surface area (Å²) in [6.07, 6.45) is 46.7. The second kappa shape index (κ2) is 49.6. The monoisotopic (exact) mass is 1030 g/mol. The predicted molar refractivity (Wildman–Crippen MR) is 294 cm³/mol. The number of carbonyl (C=O) groups excluding carboxylic acids is 3. The molecule has 0 aromatic carbocycles. The van der Waals surface area contributed by atoms with Gasteiger partial charge in [0.25, 0.3) is 0 Å². The summed E-state index contributed by atoms with van der Waals surface area (Å²) < 4.78 is 28.4. The van der Waals surface area contributed by atoms with Gasteiger partial charge in [-0.05, 0) is 83.5 Å². The van der Waals surface area contributed by atoms with E-state index >= 15 is 0 Å². The van der Waals surface area contributed by atoms with Gasteiger partial charge >= 0.3 is 23.9 Å². The Morgan fingerprint density at radius 2 is 0.822 bits per heavy atom. The van der Waals surface area contributed by atoms with Gasteiger partial charge in [-0.3, -0.25) is 14.4 Å². The summed E-state index contributed by atoms with van der Waals surface area (Å²) >= 11 is 0. The number of carboxylic acid groups (broad SMARTS) is 1. The number of ether oxygens (including phenoxy) is 5. The standard InChI is InChI=1S/C61H106O12/c1-4-7-10-13-16-19-21-23-25-26-27-28-30-31-33-36-38-41-44-47-53(62)69-50-52(71-54(63)48-45-42-40-37-34-32-29-24-22-20-17-14-11-8-5-2)51-70-61-59(57(66)56(65)58(73-61)60(67)68)72-55(64)49-46-43-39-35-18-15-12-9-6-3/h16,19,23-25,27-29,52,56-59,61,65-66H,4-15,17-18,20-22,26,30-51H2,1-3H3,(H,67,68)/b19-16-,25-23-,28-27-,29-24-. The highest BCUT2D eigenvalue weighted by Gasteiger charge is 2.50. The Bertz CT molecular complexity index is 1460. The number of esters is 3. The zero-order valence-corrected chi connectivity index (χ0v) is 46.4. The summed E-state index contributed by atoms with van der Waals surface area (Å²) in [7, 11) is 0. The molecule has 1 fully saturated rings. The Morgan fingerprint density at radius 1 is 0.452 bits per heavy atom. The second-order valence-electron chi connectivity index (χ2n) is 20.3. The first-order valence-corrected chi connectivity index (χ1v) is 29.6. The molecule has 0 aromatic heterocycles. The second-order valence-corrected chi connectivity index (χ2v) is 20.3. The summed E-state index contributed by atoms with van der Waals surface area (Å²) in [5.41, 5.74) is 0. The molecular weight excluding hydrogens is 925 g/mol. The van der Waals surface area contributed by atoms with Crippen LogP contribution in [0.15, 0.2) is 48.6 Å². The van der Waals surface area contributed by atoms with E-state index in [0.29, 0.717) is 19.3 Å². The lowest BCUT2D eigenvalue weighted by molar-refractivity contribution is -0.301. The molecule has 3 N–H and O–H groups in total. The maximum atomic E-state index is 13.1. The van der Waals surface area contributed by atoms with Gasteiger partial charge in [0, 0.05) is 19.3 Å². The molecule has 0 saturated carbocycles. The molecule has 6 atom stereocenters. The molecule has 1 aliphatic rings. The fraction of sp³-hybridized carbons (Fsp3) is 0.803. The minimum Gasteiger partial charge on any atom is -0.479 e. The zero-order chi connectivity index (χ0) is 53.3. The number of hydrogen-bond donors (Lipinski definition) is 3. The first kappa shape index (κ1) is 67.7. The lowest BCUT2D eigenvalue weighted by atomic mass is 9.98. The van der Waals surface area contributed by atoms with Gasteiger partial charge in [-0.1, -0.05) is 211 Å². The van der Waals surface area contributed by atoms with Gasteiger partial charge in [0.15, 0.2) is 24.6 Å². The van der Waals surface area contributed by atoms with E-state index in [-0.39, 0.29) is 25.9 Å². The molecular formula is C61H106O12. The maximum absolute atomic E-state index is 13.1. The summed E-state index contributed by atoms with van der Waals surface area (Å²) in [5, 5.41) is 31.4. The first-order chi connectivity index (χ1) is 35.6. The Labute approximate surface area is 443 Å². The topological polar surface area (TPSA) is 175 Å². The number of carboxylic acids is 1. The van der Waals surface area contributed by atoms with Crippen molar-refractivity contribution in [2.24, 2.45) is 0 Å². The van der Waals surface area contributed by atoms with Crippen molar-refractivity contribution in [2.75, 3.05) is 13.2 Å². The molecule has 1 rings (SSSR count). The molecule has 0 amide bonds. The van der Waals surface area contributed by atoms with Crippen molar-refractivity contribution in [1.82, 2.24) is 0 Å². The molecule has 1 heterocycles. The highest BCUT2D eigenvalue weighted by Crippen LogP contribution is 2.26. The number of aliphatic carboxylic acids is 1. The molecule has 0 aromatic rings. The van der Waals surface area contributed by atoms with Gasteiger partial charge in [0.05, 0.1) is 6.61 Å². The van der Waals surface area contributed by atoms with Crippen LogP contribution in [0.1, 0.15) is 265 Å². The minimum absolute atomic E-state index is 0.0601. The Morgan fingerprint density at radius 3 is 1.29 bits per heavy atom. The average Bonchev–Trinajstić information content (AvgIpc) is 3.37. The molecule has 1 saturated heterocycles. The molecule has 0 aliphatic carbocycles. The molecule has 12 nitrogen and oxygen atoms in total. The van der Waals surface area contributed by atoms with E-state index in [1.165, 1.54) is 89.9 Å². The van der Waals surface area contributed by atoms with E-state index in [2.05, 4.69) is 69.4 Å². The number of aliphatic hydroxyl groups excluding tert-OH is 2. The van der Waals surface area contributed by atoms with Gasteiger partial charge in [-0.2, -0.15) is 0 Å².